The number of unbranched alkanes of at least 4 members (excludes halogenated alkanes) is 1. The summed E-state index contributed by atoms with van der Waals surface area (Å²) in [5.74, 6) is 1.39. The van der Waals surface area contributed by atoms with E-state index in [0.717, 1.165) is 41.2 Å². The van der Waals surface area contributed by atoms with Gasteiger partial charge in [0.05, 0.1) is 32.2 Å². The van der Waals surface area contributed by atoms with E-state index in [-0.39, 0.29) is 11.2 Å². The number of fused-ring (bicyclic) bond motifs is 1. The first kappa shape index (κ1) is 23.8. The zero-order chi connectivity index (χ0) is 23.9. The van der Waals surface area contributed by atoms with Crippen LogP contribution in [0, 0.1) is 0 Å². The molecule has 0 radical (unpaired) electrons. The van der Waals surface area contributed by atoms with Crippen LogP contribution in [0.15, 0.2) is 70.9 Å². The Bertz CT molecular complexity index is 1220. The van der Waals surface area contributed by atoms with Gasteiger partial charge in [0.1, 0.15) is 0 Å². The van der Waals surface area contributed by atoms with Gasteiger partial charge in [-0.15, -0.1) is 5.10 Å². The maximum atomic E-state index is 13.3. The van der Waals surface area contributed by atoms with E-state index in [9.17, 15) is 4.79 Å². The summed E-state index contributed by atoms with van der Waals surface area (Å²) in [6.07, 6.45) is 4.56. The number of thioether (sulfide) groups is 1. The summed E-state index contributed by atoms with van der Waals surface area (Å²) < 4.78 is 10.7. The molecule has 7 heteroatoms. The third-order valence-electron chi connectivity index (χ3n) is 5.81. The number of amidine groups is 1. The average Bonchev–Trinajstić information content (AvgIpc) is 3.16. The number of ether oxygens (including phenoxy) is 2. The molecule has 0 spiro atoms. The molecule has 3 aromatic rings. The highest BCUT2D eigenvalue weighted by atomic mass is 32.2. The van der Waals surface area contributed by atoms with Gasteiger partial charge in [0.2, 0.25) is 5.91 Å². The van der Waals surface area contributed by atoms with E-state index in [1.54, 1.807) is 25.3 Å². The normalized spacial score (nSPS) is 17.3. The minimum atomic E-state index is -0.120. The van der Waals surface area contributed by atoms with Crippen LogP contribution < -0.4 is 9.47 Å². The van der Waals surface area contributed by atoms with Crippen molar-refractivity contribution in [2.24, 2.45) is 10.2 Å². The third kappa shape index (κ3) is 5.25. The molecule has 1 saturated heterocycles. The van der Waals surface area contributed by atoms with Crippen molar-refractivity contribution >= 4 is 39.8 Å². The summed E-state index contributed by atoms with van der Waals surface area (Å²) in [5.41, 5.74) is 1.93. The predicted octanol–water partition coefficient (Wildman–Crippen LogP) is 5.88. The first-order valence-corrected chi connectivity index (χ1v) is 12.3. The maximum Gasteiger partial charge on any atom is 0.242 e. The first-order valence-electron chi connectivity index (χ1n) is 11.4. The number of amides is 1. The number of hydrogen-bond acceptors (Lipinski definition) is 6. The highest BCUT2D eigenvalue weighted by Gasteiger charge is 2.37. The summed E-state index contributed by atoms with van der Waals surface area (Å²) >= 11 is 1.51. The van der Waals surface area contributed by atoms with Crippen molar-refractivity contribution in [3.8, 4) is 11.5 Å². The lowest BCUT2D eigenvalue weighted by Crippen LogP contribution is -2.31. The van der Waals surface area contributed by atoms with E-state index in [4.69, 9.17) is 9.47 Å². The molecule has 176 valence electrons. The van der Waals surface area contributed by atoms with Crippen LogP contribution in [0.1, 0.15) is 37.3 Å². The van der Waals surface area contributed by atoms with Gasteiger partial charge in [0.25, 0.3) is 0 Å². The molecule has 0 unspecified atom stereocenters. The monoisotopic (exact) mass is 475 g/mol. The van der Waals surface area contributed by atoms with Crippen LogP contribution in [0.4, 0.5) is 0 Å². The molecule has 1 amide bonds. The van der Waals surface area contributed by atoms with Gasteiger partial charge in [-0.25, -0.2) is 0 Å². The van der Waals surface area contributed by atoms with Crippen LogP contribution in [0.2, 0.25) is 0 Å². The van der Waals surface area contributed by atoms with Gasteiger partial charge in [-0.1, -0.05) is 74.0 Å². The molecule has 0 N–H and O–H groups in total. The molecular formula is C27H29N3O3S. The van der Waals surface area contributed by atoms with E-state index < -0.39 is 0 Å². The van der Waals surface area contributed by atoms with Gasteiger partial charge >= 0.3 is 0 Å². The zero-order valence-electron chi connectivity index (χ0n) is 19.7. The van der Waals surface area contributed by atoms with E-state index in [0.29, 0.717) is 23.2 Å². The molecule has 6 nitrogen and oxygen atoms in total. The molecule has 4 rings (SSSR count). The lowest BCUT2D eigenvalue weighted by atomic mass is 10.0. The minimum absolute atomic E-state index is 0.103. The Balaban J connectivity index is 1.61. The second-order valence-corrected chi connectivity index (χ2v) is 9.22. The Kier molecular flexibility index (Phi) is 7.85. The second kappa shape index (κ2) is 11.2. The van der Waals surface area contributed by atoms with Crippen molar-refractivity contribution in [1.82, 2.24) is 4.90 Å². The molecule has 3 aromatic carbocycles. The molecule has 1 fully saturated rings. The number of carbonyl (C=O) groups excluding carboxylic acids is 1. The third-order valence-corrected chi connectivity index (χ3v) is 7.04. The number of hydrogen-bond donors (Lipinski definition) is 0. The number of benzene rings is 3. The summed E-state index contributed by atoms with van der Waals surface area (Å²) in [4.78, 5) is 15.1. The van der Waals surface area contributed by atoms with E-state index in [1.807, 2.05) is 36.4 Å². The first-order chi connectivity index (χ1) is 16.6. The summed E-state index contributed by atoms with van der Waals surface area (Å²) in [5, 5.41) is 11.6. The number of nitrogens with zero attached hydrogens (tertiary/aromatic N) is 3. The summed E-state index contributed by atoms with van der Waals surface area (Å²) in [6, 6.07) is 20.0. The van der Waals surface area contributed by atoms with Crippen molar-refractivity contribution in [1.29, 1.82) is 0 Å². The standard InChI is InChI=1S/C27H29N3O3S/c1-4-5-13-25-26(31)30(18-21-11-8-10-20-9-6-7-12-22(20)21)27(34-25)29-28-17-19-14-15-23(32-2)24(16-19)33-3/h6-12,14-17,25H,4-5,13,18H2,1-3H3/b28-17-,29-27+/t25-/m0/s1. The Labute approximate surface area is 204 Å². The molecule has 0 bridgehead atoms. The lowest BCUT2D eigenvalue weighted by Gasteiger charge is -2.17. The highest BCUT2D eigenvalue weighted by molar-refractivity contribution is 8.15. The number of rotatable bonds is 9. The van der Waals surface area contributed by atoms with Crippen molar-refractivity contribution in [3.05, 3.63) is 71.8 Å². The number of methoxy groups -OCH3 is 2. The molecule has 1 atom stereocenters. The minimum Gasteiger partial charge on any atom is -0.493 e. The molecule has 0 aliphatic carbocycles. The fraction of sp³-hybridized carbons (Fsp3) is 0.296. The highest BCUT2D eigenvalue weighted by Crippen LogP contribution is 2.33. The zero-order valence-corrected chi connectivity index (χ0v) is 20.5. The van der Waals surface area contributed by atoms with Crippen LogP contribution in [0.25, 0.3) is 10.8 Å². The van der Waals surface area contributed by atoms with Crippen LogP contribution in [0.5, 0.6) is 11.5 Å². The van der Waals surface area contributed by atoms with Gasteiger partial charge in [-0.2, -0.15) is 5.10 Å². The molecule has 1 aliphatic rings. The lowest BCUT2D eigenvalue weighted by molar-refractivity contribution is -0.126. The van der Waals surface area contributed by atoms with Gasteiger partial charge in [-0.3, -0.25) is 9.69 Å². The predicted molar refractivity (Wildman–Crippen MR) is 140 cm³/mol. The Morgan fingerprint density at radius 3 is 2.62 bits per heavy atom. The van der Waals surface area contributed by atoms with Crippen molar-refractivity contribution in [2.45, 2.75) is 38.0 Å². The van der Waals surface area contributed by atoms with E-state index in [1.165, 1.54) is 11.8 Å². The van der Waals surface area contributed by atoms with Crippen LogP contribution in [-0.4, -0.2) is 41.7 Å². The quantitative estimate of drug-likeness (QED) is 0.286. The fourth-order valence-corrected chi connectivity index (χ4v) is 5.13. The van der Waals surface area contributed by atoms with Gasteiger partial charge in [0.15, 0.2) is 16.7 Å². The molecule has 0 saturated carbocycles. The molecule has 0 aromatic heterocycles. The topological polar surface area (TPSA) is 63.5 Å². The Hall–Kier alpha value is -3.32. The molecule has 34 heavy (non-hydrogen) atoms. The van der Waals surface area contributed by atoms with E-state index >= 15 is 0 Å². The maximum absolute atomic E-state index is 13.3. The SMILES string of the molecule is CCCC[C@@H]1S/C(=N/N=C\c2ccc(OC)c(OC)c2)N(Cc2cccc3ccccc23)C1=O. The van der Waals surface area contributed by atoms with E-state index in [2.05, 4.69) is 41.4 Å². The largest absolute Gasteiger partial charge is 0.493 e. The van der Waals surface area contributed by atoms with Crippen LogP contribution in [-0.2, 0) is 11.3 Å². The Morgan fingerprint density at radius 1 is 1.03 bits per heavy atom. The summed E-state index contributed by atoms with van der Waals surface area (Å²) in [6.45, 7) is 2.61. The van der Waals surface area contributed by atoms with Crippen molar-refractivity contribution < 1.29 is 14.3 Å². The average molecular weight is 476 g/mol. The molecule has 1 heterocycles. The smallest absolute Gasteiger partial charge is 0.242 e. The summed E-state index contributed by atoms with van der Waals surface area (Å²) in [7, 11) is 3.20. The van der Waals surface area contributed by atoms with Crippen molar-refractivity contribution in [2.75, 3.05) is 14.2 Å². The van der Waals surface area contributed by atoms with Gasteiger partial charge < -0.3 is 9.47 Å². The molecule has 1 aliphatic heterocycles. The van der Waals surface area contributed by atoms with Gasteiger partial charge in [0, 0.05) is 0 Å². The second-order valence-electron chi connectivity index (χ2n) is 8.05. The van der Waals surface area contributed by atoms with Crippen LogP contribution in [0.3, 0.4) is 0 Å². The number of carbonyl (C=O) groups is 1. The Morgan fingerprint density at radius 2 is 1.82 bits per heavy atom. The van der Waals surface area contributed by atoms with Crippen LogP contribution >= 0.6 is 11.8 Å². The molecular weight excluding hydrogens is 446 g/mol. The van der Waals surface area contributed by atoms with Crippen molar-refractivity contribution in [3.63, 3.8) is 0 Å². The fourth-order valence-electron chi connectivity index (χ4n) is 3.98. The van der Waals surface area contributed by atoms with Gasteiger partial charge in [-0.05, 0) is 46.5 Å².